The zero-order valence-corrected chi connectivity index (χ0v) is 13.5. The number of carbonyl (C=O) groups is 1. The molecule has 4 nitrogen and oxygen atoms in total. The lowest BCUT2D eigenvalue weighted by Crippen LogP contribution is -2.57. The molecule has 1 N–H and O–H groups in total. The number of hydrogen-bond donors (Lipinski definition) is 1. The molecular formula is C17H27N3O. The van der Waals surface area contributed by atoms with E-state index in [1.165, 1.54) is 37.8 Å². The highest BCUT2D eigenvalue weighted by atomic mass is 16.1. The third-order valence-corrected chi connectivity index (χ3v) is 5.47. The SMILES string of the molecule is CC(=O)C(C1CCCCC1)N1CCc2[nH]cnc2C1(C)C. The summed E-state index contributed by atoms with van der Waals surface area (Å²) in [6.45, 7) is 7.15. The van der Waals surface area contributed by atoms with Crippen molar-refractivity contribution < 1.29 is 4.79 Å². The predicted molar refractivity (Wildman–Crippen MR) is 83.1 cm³/mol. The highest BCUT2D eigenvalue weighted by molar-refractivity contribution is 5.82. The number of nitrogens with zero attached hydrogens (tertiary/aromatic N) is 2. The molecule has 0 saturated heterocycles. The lowest BCUT2D eigenvalue weighted by atomic mass is 9.78. The summed E-state index contributed by atoms with van der Waals surface area (Å²) >= 11 is 0. The van der Waals surface area contributed by atoms with E-state index in [2.05, 4.69) is 28.7 Å². The predicted octanol–water partition coefficient (Wildman–Crippen LogP) is 3.04. The number of ketones is 1. The maximum atomic E-state index is 12.4. The highest BCUT2D eigenvalue weighted by Gasteiger charge is 2.44. The Bertz CT molecular complexity index is 514. The first-order valence-corrected chi connectivity index (χ1v) is 8.31. The number of nitrogens with one attached hydrogen (secondary N) is 1. The fraction of sp³-hybridized carbons (Fsp3) is 0.765. The van der Waals surface area contributed by atoms with Crippen molar-refractivity contribution in [3.8, 4) is 0 Å². The largest absolute Gasteiger partial charge is 0.348 e. The first kappa shape index (κ1) is 14.8. The van der Waals surface area contributed by atoms with Crippen molar-refractivity contribution in [1.82, 2.24) is 14.9 Å². The Morgan fingerprint density at radius 1 is 1.38 bits per heavy atom. The van der Waals surface area contributed by atoms with Crippen molar-refractivity contribution in [3.63, 3.8) is 0 Å². The molecule has 1 aliphatic carbocycles. The van der Waals surface area contributed by atoms with Gasteiger partial charge in [-0.2, -0.15) is 0 Å². The summed E-state index contributed by atoms with van der Waals surface area (Å²) < 4.78 is 0. The second kappa shape index (κ2) is 5.56. The number of H-pyrrole nitrogens is 1. The second-order valence-corrected chi connectivity index (χ2v) is 7.19. The van der Waals surface area contributed by atoms with Gasteiger partial charge in [0.2, 0.25) is 0 Å². The molecule has 21 heavy (non-hydrogen) atoms. The summed E-state index contributed by atoms with van der Waals surface area (Å²) in [5.74, 6) is 0.852. The van der Waals surface area contributed by atoms with Crippen LogP contribution in [0.3, 0.4) is 0 Å². The molecule has 4 heteroatoms. The molecule has 1 aliphatic heterocycles. The van der Waals surface area contributed by atoms with Crippen molar-refractivity contribution in [2.45, 2.75) is 70.9 Å². The Labute approximate surface area is 127 Å². The third kappa shape index (κ3) is 2.54. The molecule has 3 rings (SSSR count). The summed E-state index contributed by atoms with van der Waals surface area (Å²) in [5, 5.41) is 0. The number of aromatic nitrogens is 2. The minimum atomic E-state index is -0.165. The van der Waals surface area contributed by atoms with E-state index in [4.69, 9.17) is 0 Å². The number of rotatable bonds is 3. The van der Waals surface area contributed by atoms with Gasteiger partial charge < -0.3 is 4.98 Å². The Morgan fingerprint density at radius 2 is 2.10 bits per heavy atom. The van der Waals surface area contributed by atoms with E-state index in [1.807, 2.05) is 0 Å². The number of fused-ring (bicyclic) bond motifs is 1. The van der Waals surface area contributed by atoms with Crippen LogP contribution in [0, 0.1) is 5.92 Å². The molecule has 1 aromatic rings. The number of carbonyl (C=O) groups excluding carboxylic acids is 1. The van der Waals surface area contributed by atoms with E-state index in [0.717, 1.165) is 18.7 Å². The molecule has 0 spiro atoms. The van der Waals surface area contributed by atoms with Crippen molar-refractivity contribution in [1.29, 1.82) is 0 Å². The minimum Gasteiger partial charge on any atom is -0.348 e. The number of aromatic amines is 1. The molecule has 116 valence electrons. The van der Waals surface area contributed by atoms with Crippen LogP contribution in [0.25, 0.3) is 0 Å². The van der Waals surface area contributed by atoms with Gasteiger partial charge in [0.1, 0.15) is 5.78 Å². The zero-order chi connectivity index (χ0) is 15.0. The molecule has 0 amide bonds. The smallest absolute Gasteiger partial charge is 0.147 e. The molecular weight excluding hydrogens is 262 g/mol. The monoisotopic (exact) mass is 289 g/mol. The van der Waals surface area contributed by atoms with Gasteiger partial charge in [-0.1, -0.05) is 19.3 Å². The van der Waals surface area contributed by atoms with Crippen LogP contribution >= 0.6 is 0 Å². The summed E-state index contributed by atoms with van der Waals surface area (Å²) in [7, 11) is 0. The normalized spacial score (nSPS) is 24.5. The van der Waals surface area contributed by atoms with Gasteiger partial charge in [0.05, 0.1) is 23.6 Å². The second-order valence-electron chi connectivity index (χ2n) is 7.19. The van der Waals surface area contributed by atoms with Gasteiger partial charge in [0.15, 0.2) is 0 Å². The van der Waals surface area contributed by atoms with E-state index in [-0.39, 0.29) is 11.6 Å². The lowest BCUT2D eigenvalue weighted by Gasteiger charge is -2.48. The first-order valence-electron chi connectivity index (χ1n) is 8.31. The molecule has 1 saturated carbocycles. The molecule has 2 heterocycles. The molecule has 1 aromatic heterocycles. The van der Waals surface area contributed by atoms with Crippen LogP contribution < -0.4 is 0 Å². The third-order valence-electron chi connectivity index (χ3n) is 5.47. The van der Waals surface area contributed by atoms with Crippen molar-refractivity contribution in [2.75, 3.05) is 6.54 Å². The maximum absolute atomic E-state index is 12.4. The molecule has 1 atom stereocenters. The fourth-order valence-electron chi connectivity index (χ4n) is 4.43. The number of Topliss-reactive ketones (excluding diaryl/α,β-unsaturated/α-hetero) is 1. The van der Waals surface area contributed by atoms with Crippen LogP contribution in [0.5, 0.6) is 0 Å². The van der Waals surface area contributed by atoms with Gasteiger partial charge >= 0.3 is 0 Å². The van der Waals surface area contributed by atoms with Gasteiger partial charge in [-0.05, 0) is 39.5 Å². The number of imidazole rings is 1. The summed E-state index contributed by atoms with van der Waals surface area (Å²) in [6, 6.07) is 0.0603. The van der Waals surface area contributed by atoms with Gasteiger partial charge in [0, 0.05) is 18.7 Å². The van der Waals surface area contributed by atoms with E-state index in [9.17, 15) is 4.79 Å². The maximum Gasteiger partial charge on any atom is 0.147 e. The summed E-state index contributed by atoms with van der Waals surface area (Å²) in [5.41, 5.74) is 2.19. The van der Waals surface area contributed by atoms with Crippen LogP contribution in [-0.4, -0.2) is 33.2 Å². The Hall–Kier alpha value is -1.16. The van der Waals surface area contributed by atoms with Gasteiger partial charge in [-0.15, -0.1) is 0 Å². The van der Waals surface area contributed by atoms with E-state index in [1.54, 1.807) is 13.3 Å². The van der Waals surface area contributed by atoms with Gasteiger partial charge in [0.25, 0.3) is 0 Å². The lowest BCUT2D eigenvalue weighted by molar-refractivity contribution is -0.128. The average Bonchev–Trinajstić information content (AvgIpc) is 2.92. The topological polar surface area (TPSA) is 49.0 Å². The van der Waals surface area contributed by atoms with Crippen LogP contribution in [0.1, 0.15) is 64.3 Å². The molecule has 1 fully saturated rings. The molecule has 0 bridgehead atoms. The van der Waals surface area contributed by atoms with E-state index in [0.29, 0.717) is 11.7 Å². The Kier molecular flexibility index (Phi) is 3.91. The minimum absolute atomic E-state index is 0.0603. The summed E-state index contributed by atoms with van der Waals surface area (Å²) in [4.78, 5) is 22.6. The first-order chi connectivity index (χ1) is 10.0. The van der Waals surface area contributed by atoms with Crippen molar-refractivity contribution in [2.24, 2.45) is 5.92 Å². The fourth-order valence-corrected chi connectivity index (χ4v) is 4.43. The van der Waals surface area contributed by atoms with Crippen molar-refractivity contribution >= 4 is 5.78 Å². The van der Waals surface area contributed by atoms with Crippen LogP contribution in [0.15, 0.2) is 6.33 Å². The van der Waals surface area contributed by atoms with Crippen molar-refractivity contribution in [3.05, 3.63) is 17.7 Å². The Morgan fingerprint density at radius 3 is 2.76 bits per heavy atom. The molecule has 1 unspecified atom stereocenters. The van der Waals surface area contributed by atoms with Gasteiger partial charge in [-0.25, -0.2) is 4.98 Å². The van der Waals surface area contributed by atoms with Gasteiger partial charge in [-0.3, -0.25) is 9.69 Å². The average molecular weight is 289 g/mol. The Balaban J connectivity index is 1.91. The zero-order valence-electron chi connectivity index (χ0n) is 13.5. The van der Waals surface area contributed by atoms with Crippen LogP contribution in [0.4, 0.5) is 0 Å². The molecule has 0 aromatic carbocycles. The molecule has 2 aliphatic rings. The quantitative estimate of drug-likeness (QED) is 0.930. The standard InChI is InChI=1S/C17H27N3O/c1-12(21)15(13-7-5-4-6-8-13)20-10-9-14-16(17(20,2)3)19-11-18-14/h11,13,15H,4-10H2,1-3H3,(H,18,19). The molecule has 0 radical (unpaired) electrons. The van der Waals surface area contributed by atoms with E-state index >= 15 is 0 Å². The number of hydrogen-bond acceptors (Lipinski definition) is 3. The summed E-state index contributed by atoms with van der Waals surface area (Å²) in [6.07, 6.45) is 9.03. The highest BCUT2D eigenvalue weighted by Crippen LogP contribution is 2.39. The van der Waals surface area contributed by atoms with Crippen LogP contribution in [0.2, 0.25) is 0 Å². The van der Waals surface area contributed by atoms with Crippen LogP contribution in [-0.2, 0) is 16.8 Å². The van der Waals surface area contributed by atoms with E-state index < -0.39 is 0 Å².